The van der Waals surface area contributed by atoms with Gasteiger partial charge in [0, 0.05) is 21.8 Å². The standard InChI is InChI=1S/C26H19BrN2O/c1-17-6-10-20(11-7-17)24-23(15-28)26(29-16-19-4-3-5-22(27)14-19)30-25(24)21-12-8-18(2)9-13-21/h3-14,16H,1-2H3. The number of benzene rings is 3. The Kier molecular flexibility index (Phi) is 5.65. The lowest BCUT2D eigenvalue weighted by Gasteiger charge is -2.05. The predicted molar refractivity (Wildman–Crippen MR) is 125 cm³/mol. The highest BCUT2D eigenvalue weighted by atomic mass is 79.9. The van der Waals surface area contributed by atoms with E-state index in [0.29, 0.717) is 17.2 Å². The summed E-state index contributed by atoms with van der Waals surface area (Å²) >= 11 is 3.47. The molecule has 0 aliphatic rings. The minimum absolute atomic E-state index is 0.309. The van der Waals surface area contributed by atoms with Crippen molar-refractivity contribution >= 4 is 28.0 Å². The van der Waals surface area contributed by atoms with E-state index in [1.165, 1.54) is 0 Å². The monoisotopic (exact) mass is 454 g/mol. The van der Waals surface area contributed by atoms with Crippen molar-refractivity contribution < 1.29 is 4.42 Å². The lowest BCUT2D eigenvalue weighted by Crippen LogP contribution is -1.85. The third-order valence-corrected chi connectivity index (χ3v) is 5.33. The second-order valence-corrected chi connectivity index (χ2v) is 8.06. The van der Waals surface area contributed by atoms with E-state index in [2.05, 4.69) is 27.0 Å². The van der Waals surface area contributed by atoms with Crippen molar-refractivity contribution in [2.24, 2.45) is 4.99 Å². The van der Waals surface area contributed by atoms with Gasteiger partial charge >= 0.3 is 0 Å². The zero-order valence-electron chi connectivity index (χ0n) is 16.7. The molecule has 0 aliphatic heterocycles. The summed E-state index contributed by atoms with van der Waals surface area (Å²) in [7, 11) is 0. The zero-order chi connectivity index (χ0) is 21.1. The maximum absolute atomic E-state index is 9.97. The van der Waals surface area contributed by atoms with Gasteiger partial charge in [-0.1, -0.05) is 87.7 Å². The molecule has 3 aromatic carbocycles. The summed E-state index contributed by atoms with van der Waals surface area (Å²) in [5.41, 5.74) is 6.28. The fourth-order valence-corrected chi connectivity index (χ4v) is 3.65. The van der Waals surface area contributed by atoms with Gasteiger partial charge in [0.05, 0.1) is 0 Å². The highest BCUT2D eigenvalue weighted by molar-refractivity contribution is 9.10. The molecule has 1 aromatic heterocycles. The molecule has 0 fully saturated rings. The molecule has 0 aliphatic carbocycles. The SMILES string of the molecule is Cc1ccc(-c2oc(N=Cc3cccc(Br)c3)c(C#N)c2-c2ccc(C)cc2)cc1. The van der Waals surface area contributed by atoms with Gasteiger partial charge in [-0.3, -0.25) is 0 Å². The lowest BCUT2D eigenvalue weighted by molar-refractivity contribution is 0.593. The molecular weight excluding hydrogens is 436 g/mol. The molecule has 1 heterocycles. The highest BCUT2D eigenvalue weighted by Gasteiger charge is 2.22. The number of furan rings is 1. The molecule has 0 N–H and O–H groups in total. The average Bonchev–Trinajstić information content (AvgIpc) is 3.12. The molecule has 4 heteroatoms. The summed E-state index contributed by atoms with van der Waals surface area (Å²) in [5.74, 6) is 0.959. The van der Waals surface area contributed by atoms with E-state index in [1.54, 1.807) is 6.21 Å². The number of halogens is 1. The maximum Gasteiger partial charge on any atom is 0.238 e. The van der Waals surface area contributed by atoms with Gasteiger partial charge in [0.25, 0.3) is 0 Å². The van der Waals surface area contributed by atoms with Gasteiger partial charge in [-0.2, -0.15) is 5.26 Å². The molecule has 0 unspecified atom stereocenters. The van der Waals surface area contributed by atoms with Crippen LogP contribution in [0.2, 0.25) is 0 Å². The lowest BCUT2D eigenvalue weighted by atomic mass is 9.97. The van der Waals surface area contributed by atoms with E-state index >= 15 is 0 Å². The molecule has 0 atom stereocenters. The van der Waals surface area contributed by atoms with Crippen molar-refractivity contribution in [3.05, 3.63) is 99.5 Å². The molecule has 146 valence electrons. The maximum atomic E-state index is 9.97. The van der Waals surface area contributed by atoms with Gasteiger partial charge in [-0.25, -0.2) is 4.99 Å². The Morgan fingerprint density at radius 1 is 0.900 bits per heavy atom. The Bertz CT molecular complexity index is 1260. The van der Waals surface area contributed by atoms with Gasteiger partial charge < -0.3 is 4.42 Å². The Balaban J connectivity index is 1.89. The summed E-state index contributed by atoms with van der Waals surface area (Å²) in [6.45, 7) is 4.08. The normalized spacial score (nSPS) is 11.0. The van der Waals surface area contributed by atoms with Gasteiger partial charge in [-0.05, 0) is 37.1 Å². The second kappa shape index (κ2) is 8.52. The van der Waals surface area contributed by atoms with Crippen LogP contribution in [0.15, 0.2) is 86.7 Å². The van der Waals surface area contributed by atoms with Crippen molar-refractivity contribution in [1.29, 1.82) is 5.26 Å². The molecule has 0 saturated heterocycles. The van der Waals surface area contributed by atoms with Gasteiger partial charge in [0.1, 0.15) is 17.4 Å². The summed E-state index contributed by atoms with van der Waals surface area (Å²) in [6.07, 6.45) is 1.71. The number of aryl methyl sites for hydroxylation is 2. The highest BCUT2D eigenvalue weighted by Crippen LogP contribution is 2.42. The summed E-state index contributed by atoms with van der Waals surface area (Å²) in [4.78, 5) is 4.52. The summed E-state index contributed by atoms with van der Waals surface area (Å²) in [5, 5.41) is 9.97. The first-order valence-corrected chi connectivity index (χ1v) is 10.3. The minimum atomic E-state index is 0.309. The Hall–Kier alpha value is -3.42. The molecule has 4 rings (SSSR count). The molecule has 0 amide bonds. The molecule has 0 bridgehead atoms. The molecule has 0 spiro atoms. The summed E-state index contributed by atoms with van der Waals surface area (Å²) < 4.78 is 7.13. The van der Waals surface area contributed by atoms with Crippen LogP contribution in [-0.4, -0.2) is 6.21 Å². The first kappa shape index (κ1) is 19.9. The van der Waals surface area contributed by atoms with Crippen LogP contribution in [0, 0.1) is 25.2 Å². The first-order chi connectivity index (χ1) is 14.5. The topological polar surface area (TPSA) is 49.3 Å². The van der Waals surface area contributed by atoms with E-state index < -0.39 is 0 Å². The third-order valence-electron chi connectivity index (χ3n) is 4.84. The van der Waals surface area contributed by atoms with E-state index in [0.717, 1.165) is 37.9 Å². The Morgan fingerprint density at radius 2 is 1.53 bits per heavy atom. The number of aliphatic imine (C=N–C) groups is 1. The van der Waals surface area contributed by atoms with Crippen LogP contribution in [-0.2, 0) is 0 Å². The Labute approximate surface area is 184 Å². The van der Waals surface area contributed by atoms with Crippen molar-refractivity contribution in [3.63, 3.8) is 0 Å². The van der Waals surface area contributed by atoms with Crippen molar-refractivity contribution in [3.8, 4) is 28.5 Å². The largest absolute Gasteiger partial charge is 0.436 e. The van der Waals surface area contributed by atoms with Gasteiger partial charge in [-0.15, -0.1) is 0 Å². The van der Waals surface area contributed by atoms with Crippen molar-refractivity contribution in [2.75, 3.05) is 0 Å². The number of rotatable bonds is 4. The van der Waals surface area contributed by atoms with E-state index in [-0.39, 0.29) is 0 Å². The van der Waals surface area contributed by atoms with Crippen LogP contribution >= 0.6 is 15.9 Å². The van der Waals surface area contributed by atoms with Crippen LogP contribution in [0.3, 0.4) is 0 Å². The van der Waals surface area contributed by atoms with Crippen LogP contribution in [0.1, 0.15) is 22.3 Å². The molecule has 3 nitrogen and oxygen atoms in total. The molecule has 4 aromatic rings. The molecule has 30 heavy (non-hydrogen) atoms. The quantitative estimate of drug-likeness (QED) is 0.297. The Morgan fingerprint density at radius 3 is 2.13 bits per heavy atom. The number of hydrogen-bond donors (Lipinski definition) is 0. The van der Waals surface area contributed by atoms with Gasteiger partial charge in [0.2, 0.25) is 5.88 Å². The fourth-order valence-electron chi connectivity index (χ4n) is 3.24. The van der Waals surface area contributed by atoms with Crippen molar-refractivity contribution in [2.45, 2.75) is 13.8 Å². The van der Waals surface area contributed by atoms with E-state index in [9.17, 15) is 5.26 Å². The molecule has 0 saturated carbocycles. The van der Waals surface area contributed by atoms with Crippen LogP contribution in [0.5, 0.6) is 0 Å². The third kappa shape index (κ3) is 4.12. The number of nitriles is 1. The fraction of sp³-hybridized carbons (Fsp3) is 0.0769. The first-order valence-electron chi connectivity index (χ1n) is 9.56. The van der Waals surface area contributed by atoms with Crippen LogP contribution in [0.25, 0.3) is 22.5 Å². The predicted octanol–water partition coefficient (Wildman–Crippen LogP) is 7.62. The number of hydrogen-bond acceptors (Lipinski definition) is 3. The van der Waals surface area contributed by atoms with E-state index in [4.69, 9.17) is 4.42 Å². The second-order valence-electron chi connectivity index (χ2n) is 7.14. The molecular formula is C26H19BrN2O. The number of nitrogens with zero attached hydrogens (tertiary/aromatic N) is 2. The molecule has 0 radical (unpaired) electrons. The smallest absolute Gasteiger partial charge is 0.238 e. The van der Waals surface area contributed by atoms with E-state index in [1.807, 2.05) is 86.6 Å². The van der Waals surface area contributed by atoms with Crippen LogP contribution < -0.4 is 0 Å². The minimum Gasteiger partial charge on any atom is -0.436 e. The van der Waals surface area contributed by atoms with Crippen molar-refractivity contribution in [1.82, 2.24) is 0 Å². The van der Waals surface area contributed by atoms with Gasteiger partial charge in [0.15, 0.2) is 0 Å². The van der Waals surface area contributed by atoms with Crippen LogP contribution in [0.4, 0.5) is 5.88 Å². The average molecular weight is 455 g/mol. The summed E-state index contributed by atoms with van der Waals surface area (Å²) in [6, 6.07) is 26.3. The zero-order valence-corrected chi connectivity index (χ0v) is 18.3.